The molecule has 0 aliphatic heterocycles. The minimum atomic E-state index is 0.311. The molecule has 0 aromatic rings. The zero-order valence-corrected chi connectivity index (χ0v) is 13.0. The summed E-state index contributed by atoms with van der Waals surface area (Å²) < 4.78 is 0. The fourth-order valence-electron chi connectivity index (χ4n) is 3.60. The highest BCUT2D eigenvalue weighted by Crippen LogP contribution is 2.41. The van der Waals surface area contributed by atoms with Gasteiger partial charge in [0.1, 0.15) is 0 Å². The zero-order valence-electron chi connectivity index (χ0n) is 13.0. The van der Waals surface area contributed by atoms with Gasteiger partial charge >= 0.3 is 0 Å². The van der Waals surface area contributed by atoms with Crippen molar-refractivity contribution in [3.8, 4) is 0 Å². The van der Waals surface area contributed by atoms with E-state index in [0.29, 0.717) is 11.6 Å². The number of hydrogen-bond acceptors (Lipinski definition) is 2. The van der Waals surface area contributed by atoms with Crippen molar-refractivity contribution < 1.29 is 0 Å². The van der Waals surface area contributed by atoms with E-state index >= 15 is 0 Å². The fourth-order valence-corrected chi connectivity index (χ4v) is 3.60. The summed E-state index contributed by atoms with van der Waals surface area (Å²) in [6, 6.07) is 0.677. The van der Waals surface area contributed by atoms with Crippen molar-refractivity contribution in [1.29, 1.82) is 0 Å². The quantitative estimate of drug-likeness (QED) is 0.714. The van der Waals surface area contributed by atoms with Gasteiger partial charge in [-0.15, -0.1) is 0 Å². The Labute approximate surface area is 114 Å². The molecule has 18 heavy (non-hydrogen) atoms. The van der Waals surface area contributed by atoms with E-state index in [1.54, 1.807) is 0 Å². The predicted octanol–water partition coefficient (Wildman–Crippen LogP) is 3.79. The van der Waals surface area contributed by atoms with E-state index in [9.17, 15) is 0 Å². The summed E-state index contributed by atoms with van der Waals surface area (Å²) in [6.45, 7) is 11.4. The van der Waals surface area contributed by atoms with E-state index in [-0.39, 0.29) is 0 Å². The molecular weight excluding hydrogens is 220 g/mol. The lowest BCUT2D eigenvalue weighted by Gasteiger charge is -2.45. The first-order valence-electron chi connectivity index (χ1n) is 8.10. The Hall–Kier alpha value is -0.0800. The van der Waals surface area contributed by atoms with Crippen LogP contribution in [-0.4, -0.2) is 29.6 Å². The third kappa shape index (κ3) is 3.48. The van der Waals surface area contributed by atoms with Crippen molar-refractivity contribution >= 4 is 0 Å². The molecule has 0 spiro atoms. The molecule has 2 heteroatoms. The molecule has 1 saturated carbocycles. The lowest BCUT2D eigenvalue weighted by Crippen LogP contribution is -2.56. The van der Waals surface area contributed by atoms with Crippen molar-refractivity contribution in [2.45, 2.75) is 84.2 Å². The van der Waals surface area contributed by atoms with Crippen molar-refractivity contribution in [1.82, 2.24) is 4.90 Å². The van der Waals surface area contributed by atoms with Crippen LogP contribution >= 0.6 is 0 Å². The van der Waals surface area contributed by atoms with Crippen LogP contribution in [0.2, 0.25) is 0 Å². The number of nitrogens with two attached hydrogens (primary N) is 1. The number of nitrogens with zero attached hydrogens (tertiary/aromatic N) is 1. The van der Waals surface area contributed by atoms with Gasteiger partial charge in [-0.05, 0) is 51.5 Å². The molecule has 0 heterocycles. The van der Waals surface area contributed by atoms with E-state index in [1.165, 1.54) is 51.5 Å². The average Bonchev–Trinajstić information content (AvgIpc) is 2.83. The summed E-state index contributed by atoms with van der Waals surface area (Å²) in [7, 11) is 0. The zero-order chi connectivity index (χ0) is 13.6. The van der Waals surface area contributed by atoms with Crippen LogP contribution in [0.1, 0.15) is 72.6 Å². The summed E-state index contributed by atoms with van der Waals surface area (Å²) in [5.74, 6) is 0.904. The van der Waals surface area contributed by atoms with Gasteiger partial charge < -0.3 is 5.73 Å². The average molecular weight is 254 g/mol. The summed E-state index contributed by atoms with van der Waals surface area (Å²) in [5.41, 5.74) is 6.52. The Morgan fingerprint density at radius 1 is 1.33 bits per heavy atom. The molecule has 0 saturated heterocycles. The van der Waals surface area contributed by atoms with Crippen LogP contribution in [-0.2, 0) is 0 Å². The third-order valence-electron chi connectivity index (χ3n) is 5.13. The lowest BCUT2D eigenvalue weighted by molar-refractivity contribution is 0.0520. The maximum Gasteiger partial charge on any atom is 0.0337 e. The van der Waals surface area contributed by atoms with Crippen molar-refractivity contribution in [2.75, 3.05) is 13.1 Å². The van der Waals surface area contributed by atoms with Crippen LogP contribution < -0.4 is 5.73 Å². The van der Waals surface area contributed by atoms with E-state index in [1.807, 2.05) is 0 Å². The molecule has 0 amide bonds. The van der Waals surface area contributed by atoms with Crippen LogP contribution in [0.25, 0.3) is 0 Å². The summed E-state index contributed by atoms with van der Waals surface area (Å²) in [4.78, 5) is 2.76. The highest BCUT2D eigenvalue weighted by molar-refractivity contribution is 5.00. The molecule has 1 aliphatic rings. The van der Waals surface area contributed by atoms with Gasteiger partial charge in [-0.3, -0.25) is 4.90 Å². The highest BCUT2D eigenvalue weighted by atomic mass is 15.2. The molecule has 1 aliphatic carbocycles. The van der Waals surface area contributed by atoms with Gasteiger partial charge in [-0.1, -0.05) is 33.6 Å². The van der Waals surface area contributed by atoms with Crippen LogP contribution in [0.15, 0.2) is 0 Å². The predicted molar refractivity (Wildman–Crippen MR) is 80.8 cm³/mol. The van der Waals surface area contributed by atoms with Crippen LogP contribution in [0.3, 0.4) is 0 Å². The number of rotatable bonds is 8. The second-order valence-corrected chi connectivity index (χ2v) is 6.25. The maximum atomic E-state index is 6.21. The van der Waals surface area contributed by atoms with Crippen molar-refractivity contribution in [2.24, 2.45) is 11.7 Å². The lowest BCUT2D eigenvalue weighted by atomic mass is 9.90. The molecule has 2 N–H and O–H groups in total. The molecule has 0 bridgehead atoms. The monoisotopic (exact) mass is 254 g/mol. The second kappa shape index (κ2) is 7.49. The Morgan fingerprint density at radius 3 is 2.50 bits per heavy atom. The van der Waals surface area contributed by atoms with Crippen LogP contribution in [0, 0.1) is 5.92 Å². The molecule has 0 aromatic carbocycles. The normalized spacial score (nSPS) is 30.0. The van der Waals surface area contributed by atoms with Gasteiger partial charge in [-0.25, -0.2) is 0 Å². The Balaban J connectivity index is 2.79. The minimum Gasteiger partial charge on any atom is -0.329 e. The van der Waals surface area contributed by atoms with E-state index in [2.05, 4.69) is 32.6 Å². The first kappa shape index (κ1) is 16.0. The maximum absolute atomic E-state index is 6.21. The van der Waals surface area contributed by atoms with Crippen LogP contribution in [0.5, 0.6) is 0 Å². The van der Waals surface area contributed by atoms with Crippen molar-refractivity contribution in [3.05, 3.63) is 0 Å². The molecule has 3 unspecified atom stereocenters. The molecule has 2 nitrogen and oxygen atoms in total. The largest absolute Gasteiger partial charge is 0.329 e. The molecule has 3 atom stereocenters. The highest BCUT2D eigenvalue weighted by Gasteiger charge is 2.43. The van der Waals surface area contributed by atoms with E-state index in [4.69, 9.17) is 5.73 Å². The standard InChI is InChI=1S/C16H34N2/c1-5-8-11-18(14(4)6-2)16(13-17)10-9-15(7-3)12-16/h14-15H,5-13,17H2,1-4H3. The topological polar surface area (TPSA) is 29.3 Å². The number of unbranched alkanes of at least 4 members (excludes halogenated alkanes) is 1. The first-order valence-corrected chi connectivity index (χ1v) is 8.10. The SMILES string of the molecule is CCCCN(C(C)CC)C1(CN)CCC(CC)C1. The Bertz CT molecular complexity index is 229. The molecule has 1 fully saturated rings. The molecular formula is C16H34N2. The van der Waals surface area contributed by atoms with Crippen LogP contribution in [0.4, 0.5) is 0 Å². The molecule has 0 aromatic heterocycles. The number of hydrogen-bond donors (Lipinski definition) is 1. The van der Waals surface area contributed by atoms with E-state index < -0.39 is 0 Å². The molecule has 0 radical (unpaired) electrons. The van der Waals surface area contributed by atoms with Gasteiger partial charge in [0.25, 0.3) is 0 Å². The smallest absolute Gasteiger partial charge is 0.0337 e. The molecule has 1 rings (SSSR count). The van der Waals surface area contributed by atoms with Gasteiger partial charge in [0.15, 0.2) is 0 Å². The summed E-state index contributed by atoms with van der Waals surface area (Å²) in [5, 5.41) is 0. The van der Waals surface area contributed by atoms with Crippen molar-refractivity contribution in [3.63, 3.8) is 0 Å². The first-order chi connectivity index (χ1) is 8.63. The van der Waals surface area contributed by atoms with Gasteiger partial charge in [0.05, 0.1) is 0 Å². The third-order valence-corrected chi connectivity index (χ3v) is 5.13. The van der Waals surface area contributed by atoms with Gasteiger partial charge in [0, 0.05) is 18.1 Å². The van der Waals surface area contributed by atoms with E-state index in [0.717, 1.165) is 12.5 Å². The Kier molecular flexibility index (Phi) is 6.65. The minimum absolute atomic E-state index is 0.311. The van der Waals surface area contributed by atoms with Gasteiger partial charge in [0.2, 0.25) is 0 Å². The second-order valence-electron chi connectivity index (χ2n) is 6.25. The fraction of sp³-hybridized carbons (Fsp3) is 1.00. The van der Waals surface area contributed by atoms with Gasteiger partial charge in [-0.2, -0.15) is 0 Å². The molecule has 108 valence electrons. The summed E-state index contributed by atoms with van der Waals surface area (Å²) in [6.07, 6.45) is 9.18. The summed E-state index contributed by atoms with van der Waals surface area (Å²) >= 11 is 0. The Morgan fingerprint density at radius 2 is 2.06 bits per heavy atom.